The molecule has 1 aromatic carbocycles. The zero-order valence-corrected chi connectivity index (χ0v) is 19.3. The molecule has 3 aromatic rings. The summed E-state index contributed by atoms with van der Waals surface area (Å²) in [5, 5.41) is 31.9. The highest BCUT2D eigenvalue weighted by atomic mass is 19.1. The van der Waals surface area contributed by atoms with Crippen LogP contribution in [0.3, 0.4) is 0 Å². The number of rotatable bonds is 6. The van der Waals surface area contributed by atoms with Gasteiger partial charge in [0.2, 0.25) is 0 Å². The quantitative estimate of drug-likeness (QED) is 0.339. The summed E-state index contributed by atoms with van der Waals surface area (Å²) in [7, 11) is 0. The summed E-state index contributed by atoms with van der Waals surface area (Å²) in [5.74, 6) is 0.616. The molecule has 5 rings (SSSR count). The number of anilines is 3. The minimum absolute atomic E-state index is 0.146. The van der Waals surface area contributed by atoms with Crippen LogP contribution in [-0.4, -0.2) is 56.5 Å². The van der Waals surface area contributed by atoms with Crippen LogP contribution in [0, 0.1) is 18.3 Å². The van der Waals surface area contributed by atoms with Gasteiger partial charge in [-0.15, -0.1) is 0 Å². The number of hydrogen-bond donors (Lipinski definition) is 5. The van der Waals surface area contributed by atoms with Gasteiger partial charge < -0.3 is 26.2 Å². The Kier molecular flexibility index (Phi) is 7.43. The molecule has 10 nitrogen and oxygen atoms in total. The Labute approximate surface area is 202 Å². The highest BCUT2D eigenvalue weighted by Crippen LogP contribution is 2.42. The second-order valence-corrected chi connectivity index (χ2v) is 8.79. The third-order valence-electron chi connectivity index (χ3n) is 5.94. The number of nitrogens with one attached hydrogen (secondary N) is 3. The molecule has 1 saturated carbocycles. The molecular weight excluding hydrogens is 453 g/mol. The van der Waals surface area contributed by atoms with Gasteiger partial charge in [0, 0.05) is 43.2 Å². The minimum Gasteiger partial charge on any atom is -0.481 e. The first-order valence-corrected chi connectivity index (χ1v) is 11.5. The fraction of sp³-hybridized carbons (Fsp3) is 0.417. The van der Waals surface area contributed by atoms with Crippen molar-refractivity contribution in [3.63, 3.8) is 0 Å². The number of benzene rings is 1. The first-order chi connectivity index (χ1) is 16.8. The average molecular weight is 482 g/mol. The lowest BCUT2D eigenvalue weighted by Crippen LogP contribution is -2.43. The molecule has 2 aromatic heterocycles. The van der Waals surface area contributed by atoms with Crippen LogP contribution in [0.25, 0.3) is 10.5 Å². The van der Waals surface area contributed by atoms with Gasteiger partial charge in [0.15, 0.2) is 11.3 Å². The number of carbonyl (C=O) groups is 1. The maximum Gasteiger partial charge on any atom is 0.300 e. The zero-order valence-electron chi connectivity index (χ0n) is 19.3. The van der Waals surface area contributed by atoms with Crippen LogP contribution in [0.4, 0.5) is 27.4 Å². The maximum atomic E-state index is 13.9. The highest BCUT2D eigenvalue weighted by Gasteiger charge is 2.28. The fourth-order valence-corrected chi connectivity index (χ4v) is 4.07. The number of aliphatic carboxylic acids is 1. The topological polar surface area (TPSA) is 128 Å². The maximum absolute atomic E-state index is 13.9. The van der Waals surface area contributed by atoms with E-state index in [1.165, 1.54) is 12.1 Å². The van der Waals surface area contributed by atoms with Crippen LogP contribution in [-0.2, 0) is 4.79 Å². The smallest absolute Gasteiger partial charge is 0.300 e. The number of carboxylic acid groups (broad SMARTS) is 1. The van der Waals surface area contributed by atoms with Crippen LogP contribution in [0.2, 0.25) is 0 Å². The summed E-state index contributed by atoms with van der Waals surface area (Å²) >= 11 is 0. The van der Waals surface area contributed by atoms with Crippen LogP contribution < -0.4 is 16.0 Å². The molecule has 0 amide bonds. The Balaban J connectivity index is 0.000000672. The van der Waals surface area contributed by atoms with E-state index in [9.17, 15) is 9.50 Å². The standard InChI is InChI=1S/C22H24FN7O.C2H4O2/c1-24-16-6-15(23)7-17(8-16)28-21-9-20(26-10-14-4-5-25-12-19(14)31)29-22-18(13-2-3-13)11-27-30(21)22;1-2(3)4/h6-9,11,13-14,19,25,28,31H,2-5,10,12H2,(H,26,29);1H3,(H,3,4)/t14-,19+;/m0./s1. The normalized spacial score (nSPS) is 19.4. The molecule has 5 N–H and O–H groups in total. The monoisotopic (exact) mass is 481 g/mol. The summed E-state index contributed by atoms with van der Waals surface area (Å²) in [6.07, 6.45) is 4.61. The number of halogens is 1. The van der Waals surface area contributed by atoms with Gasteiger partial charge in [0.1, 0.15) is 17.5 Å². The molecule has 2 aliphatic rings. The third kappa shape index (κ3) is 6.23. The number of fused-ring (bicyclic) bond motifs is 1. The molecule has 1 saturated heterocycles. The van der Waals surface area contributed by atoms with Gasteiger partial charge in [-0.25, -0.2) is 14.2 Å². The molecule has 184 valence electrons. The molecular formula is C24H28FN7O3. The van der Waals surface area contributed by atoms with Crippen LogP contribution in [0.1, 0.15) is 37.7 Å². The summed E-state index contributed by atoms with van der Waals surface area (Å²) in [6.45, 7) is 10.4. The lowest BCUT2D eigenvalue weighted by molar-refractivity contribution is -0.134. The van der Waals surface area contributed by atoms with Crippen molar-refractivity contribution in [2.75, 3.05) is 30.3 Å². The predicted octanol–water partition coefficient (Wildman–Crippen LogP) is 3.51. The van der Waals surface area contributed by atoms with E-state index in [-0.39, 0.29) is 17.7 Å². The minimum atomic E-state index is -0.833. The van der Waals surface area contributed by atoms with Crippen molar-refractivity contribution < 1.29 is 19.4 Å². The Morgan fingerprint density at radius 1 is 1.31 bits per heavy atom. The lowest BCUT2D eigenvalue weighted by Gasteiger charge is -2.28. The van der Waals surface area contributed by atoms with Crippen LogP contribution >= 0.6 is 0 Å². The van der Waals surface area contributed by atoms with Crippen LogP contribution in [0.15, 0.2) is 30.5 Å². The molecule has 2 fully saturated rings. The average Bonchev–Trinajstić information content (AvgIpc) is 3.56. The summed E-state index contributed by atoms with van der Waals surface area (Å²) in [4.78, 5) is 17.1. The molecule has 3 heterocycles. The second kappa shape index (κ2) is 10.7. The molecule has 1 aliphatic carbocycles. The van der Waals surface area contributed by atoms with Crippen molar-refractivity contribution in [3.8, 4) is 0 Å². The van der Waals surface area contributed by atoms with Crippen molar-refractivity contribution in [3.05, 3.63) is 53.3 Å². The highest BCUT2D eigenvalue weighted by molar-refractivity contribution is 5.68. The lowest BCUT2D eigenvalue weighted by atomic mass is 9.95. The summed E-state index contributed by atoms with van der Waals surface area (Å²) in [6, 6.07) is 5.99. The number of aliphatic hydroxyl groups excluding tert-OH is 1. The van der Waals surface area contributed by atoms with Gasteiger partial charge in [-0.1, -0.05) is 0 Å². The van der Waals surface area contributed by atoms with Crippen molar-refractivity contribution >= 4 is 34.6 Å². The molecule has 0 bridgehead atoms. The first-order valence-electron chi connectivity index (χ1n) is 11.5. The number of piperidine rings is 1. The predicted molar refractivity (Wildman–Crippen MR) is 130 cm³/mol. The first kappa shape index (κ1) is 24.4. The number of aromatic nitrogens is 3. The van der Waals surface area contributed by atoms with E-state index in [2.05, 4.69) is 25.9 Å². The van der Waals surface area contributed by atoms with Gasteiger partial charge >= 0.3 is 0 Å². The molecule has 2 atom stereocenters. The molecule has 1 aliphatic heterocycles. The van der Waals surface area contributed by atoms with E-state index in [1.807, 2.05) is 12.3 Å². The van der Waals surface area contributed by atoms with E-state index < -0.39 is 11.8 Å². The largest absolute Gasteiger partial charge is 0.481 e. The number of aliphatic hydroxyl groups is 1. The fourth-order valence-electron chi connectivity index (χ4n) is 4.07. The Bertz CT molecular complexity index is 1250. The molecule has 0 radical (unpaired) electrons. The van der Waals surface area contributed by atoms with Crippen molar-refractivity contribution in [2.45, 2.75) is 38.2 Å². The number of β-amino-alcohol motifs (C(OH)–C–C–N with tert-alkyl or cyclic N) is 1. The van der Waals surface area contributed by atoms with Crippen molar-refractivity contribution in [1.29, 1.82) is 0 Å². The Morgan fingerprint density at radius 2 is 2.09 bits per heavy atom. The van der Waals surface area contributed by atoms with Gasteiger partial charge in [-0.05, 0) is 49.9 Å². The van der Waals surface area contributed by atoms with Gasteiger partial charge in [0.05, 0.1) is 18.9 Å². The molecule has 35 heavy (non-hydrogen) atoms. The third-order valence-corrected chi connectivity index (χ3v) is 5.94. The van der Waals surface area contributed by atoms with E-state index in [1.54, 1.807) is 10.6 Å². The molecule has 0 unspecified atom stereocenters. The van der Waals surface area contributed by atoms with Gasteiger partial charge in [0.25, 0.3) is 5.97 Å². The van der Waals surface area contributed by atoms with Crippen molar-refractivity contribution in [2.24, 2.45) is 5.92 Å². The van der Waals surface area contributed by atoms with E-state index in [4.69, 9.17) is 21.5 Å². The number of nitrogens with zero attached hydrogens (tertiary/aromatic N) is 4. The number of hydrogen-bond acceptors (Lipinski definition) is 7. The number of carboxylic acids is 1. The second-order valence-electron chi connectivity index (χ2n) is 8.79. The SMILES string of the molecule is CC(=O)O.[C-]#[N+]c1cc(F)cc(Nc2cc(NC[C@@H]3CCNC[C@H]3O)nc3c(C4CC4)cnn23)c1. The van der Waals surface area contributed by atoms with E-state index >= 15 is 0 Å². The Morgan fingerprint density at radius 3 is 2.77 bits per heavy atom. The zero-order chi connectivity index (χ0) is 24.9. The molecule has 11 heteroatoms. The summed E-state index contributed by atoms with van der Waals surface area (Å²) < 4.78 is 15.7. The van der Waals surface area contributed by atoms with Gasteiger partial charge in [-0.2, -0.15) is 9.61 Å². The van der Waals surface area contributed by atoms with Crippen molar-refractivity contribution in [1.82, 2.24) is 19.9 Å². The summed E-state index contributed by atoms with van der Waals surface area (Å²) in [5.41, 5.74) is 2.57. The van der Waals surface area contributed by atoms with Crippen LogP contribution in [0.5, 0.6) is 0 Å². The Hall–Kier alpha value is -3.75. The van der Waals surface area contributed by atoms with E-state index in [0.29, 0.717) is 36.3 Å². The van der Waals surface area contributed by atoms with Gasteiger partial charge in [-0.3, -0.25) is 4.79 Å². The van der Waals surface area contributed by atoms with E-state index in [0.717, 1.165) is 43.9 Å². The molecule has 0 spiro atoms.